The fourth-order valence-corrected chi connectivity index (χ4v) is 4.17. The largest absolute Gasteiger partial charge is 0.477 e. The van der Waals surface area contributed by atoms with E-state index in [0.29, 0.717) is 11.3 Å². The van der Waals surface area contributed by atoms with Crippen LogP contribution in [0.4, 0.5) is 0 Å². The van der Waals surface area contributed by atoms with Crippen molar-refractivity contribution in [3.63, 3.8) is 0 Å². The molecule has 2 atom stereocenters. The first kappa shape index (κ1) is 11.8. The second-order valence-electron chi connectivity index (χ2n) is 4.08. The topological polar surface area (TPSA) is 83.6 Å². The number of aliphatic carboxylic acids is 1. The fraction of sp³-hybridized carbons (Fsp3) is 0.273. The lowest BCUT2D eigenvalue weighted by Gasteiger charge is -2.47. The van der Waals surface area contributed by atoms with Crippen LogP contribution in [0.25, 0.3) is 5.57 Å². The van der Waals surface area contributed by atoms with E-state index in [1.54, 1.807) is 0 Å². The molecular formula is C11H10N2O3S2. The van der Waals surface area contributed by atoms with Gasteiger partial charge in [-0.05, 0) is 22.4 Å². The van der Waals surface area contributed by atoms with Crippen molar-refractivity contribution in [1.82, 2.24) is 4.90 Å². The van der Waals surface area contributed by atoms with Gasteiger partial charge in [0.25, 0.3) is 0 Å². The maximum absolute atomic E-state index is 11.7. The number of amides is 1. The predicted octanol–water partition coefficient (Wildman–Crippen LogP) is 0.786. The molecule has 3 heterocycles. The highest BCUT2D eigenvalue weighted by Gasteiger charge is 2.51. The zero-order valence-electron chi connectivity index (χ0n) is 9.20. The summed E-state index contributed by atoms with van der Waals surface area (Å²) in [6.45, 7) is 0. The highest BCUT2D eigenvalue weighted by Crippen LogP contribution is 2.42. The van der Waals surface area contributed by atoms with Crippen molar-refractivity contribution in [3.05, 3.63) is 28.1 Å². The van der Waals surface area contributed by atoms with Gasteiger partial charge >= 0.3 is 5.97 Å². The average molecular weight is 282 g/mol. The Morgan fingerprint density at radius 3 is 2.94 bits per heavy atom. The molecule has 1 saturated heterocycles. The Hall–Kier alpha value is -1.31. The number of nitrogens with zero attached hydrogens (tertiary/aromatic N) is 1. The number of carbonyl (C=O) groups is 2. The number of carboxylic acids is 1. The van der Waals surface area contributed by atoms with E-state index < -0.39 is 12.0 Å². The van der Waals surface area contributed by atoms with Crippen LogP contribution in [-0.2, 0) is 9.59 Å². The summed E-state index contributed by atoms with van der Waals surface area (Å²) in [5.74, 6) is -0.806. The Morgan fingerprint density at radius 2 is 2.33 bits per heavy atom. The van der Waals surface area contributed by atoms with E-state index >= 15 is 0 Å². The highest BCUT2D eigenvalue weighted by atomic mass is 32.2. The number of hydrogen-bond acceptors (Lipinski definition) is 5. The molecule has 5 nitrogen and oxygen atoms in total. The molecule has 2 aliphatic heterocycles. The maximum Gasteiger partial charge on any atom is 0.352 e. The number of nitrogens with two attached hydrogens (primary N) is 1. The summed E-state index contributed by atoms with van der Waals surface area (Å²) < 4.78 is 0. The third-order valence-corrected chi connectivity index (χ3v) is 5.07. The van der Waals surface area contributed by atoms with E-state index in [1.807, 2.05) is 16.8 Å². The van der Waals surface area contributed by atoms with Crippen molar-refractivity contribution in [2.24, 2.45) is 5.73 Å². The Kier molecular flexibility index (Phi) is 2.69. The molecule has 0 aromatic carbocycles. The van der Waals surface area contributed by atoms with Crippen molar-refractivity contribution >= 4 is 40.5 Å². The summed E-state index contributed by atoms with van der Waals surface area (Å²) in [5.41, 5.74) is 7.34. The van der Waals surface area contributed by atoms with Gasteiger partial charge in [0.15, 0.2) is 0 Å². The third-order valence-electron chi connectivity index (χ3n) is 3.08. The minimum atomic E-state index is -1.07. The van der Waals surface area contributed by atoms with Crippen LogP contribution in [0.1, 0.15) is 5.56 Å². The van der Waals surface area contributed by atoms with Gasteiger partial charge in [-0.15, -0.1) is 11.8 Å². The molecule has 0 spiro atoms. The van der Waals surface area contributed by atoms with Crippen molar-refractivity contribution in [2.45, 2.75) is 11.4 Å². The Balaban J connectivity index is 2.09. The van der Waals surface area contributed by atoms with Gasteiger partial charge < -0.3 is 10.8 Å². The molecule has 1 amide bonds. The van der Waals surface area contributed by atoms with Crippen LogP contribution in [0.5, 0.6) is 0 Å². The lowest BCUT2D eigenvalue weighted by Crippen LogP contribution is -2.68. The van der Waals surface area contributed by atoms with E-state index in [1.165, 1.54) is 28.0 Å². The van der Waals surface area contributed by atoms with E-state index in [9.17, 15) is 14.7 Å². The smallest absolute Gasteiger partial charge is 0.352 e. The van der Waals surface area contributed by atoms with Gasteiger partial charge in [-0.2, -0.15) is 11.3 Å². The van der Waals surface area contributed by atoms with Crippen LogP contribution in [0.2, 0.25) is 0 Å². The van der Waals surface area contributed by atoms with Crippen LogP contribution in [-0.4, -0.2) is 39.1 Å². The first-order valence-electron chi connectivity index (χ1n) is 5.30. The standard InChI is InChI=1S/C11H10N2O3S2/c12-7-9(14)13-8(11(15)16)6(4-18-10(7)13)5-1-2-17-3-5/h1-3,7,10H,4,12H2,(H,15,16)/t7-,10+/m1/s1. The maximum atomic E-state index is 11.7. The first-order chi connectivity index (χ1) is 8.61. The highest BCUT2D eigenvalue weighted by molar-refractivity contribution is 8.00. The molecule has 0 unspecified atom stereocenters. The first-order valence-corrected chi connectivity index (χ1v) is 7.29. The zero-order chi connectivity index (χ0) is 12.9. The molecule has 3 rings (SSSR count). The van der Waals surface area contributed by atoms with Crippen LogP contribution in [0, 0.1) is 0 Å². The van der Waals surface area contributed by atoms with E-state index in [0.717, 1.165) is 5.56 Å². The normalized spacial score (nSPS) is 26.9. The number of β-lactam (4-membered cyclic amide) rings is 1. The summed E-state index contributed by atoms with van der Waals surface area (Å²) in [6.07, 6.45) is 0. The van der Waals surface area contributed by atoms with Crippen molar-refractivity contribution < 1.29 is 14.7 Å². The van der Waals surface area contributed by atoms with Gasteiger partial charge in [0.1, 0.15) is 17.1 Å². The molecule has 7 heteroatoms. The van der Waals surface area contributed by atoms with E-state index in [-0.39, 0.29) is 17.0 Å². The van der Waals surface area contributed by atoms with Gasteiger partial charge in [-0.25, -0.2) is 4.79 Å². The second-order valence-corrected chi connectivity index (χ2v) is 5.96. The van der Waals surface area contributed by atoms with Gasteiger partial charge in [0, 0.05) is 11.3 Å². The van der Waals surface area contributed by atoms with Crippen LogP contribution >= 0.6 is 23.1 Å². The number of carbonyl (C=O) groups excluding carboxylic acids is 1. The Labute approximate surface area is 111 Å². The zero-order valence-corrected chi connectivity index (χ0v) is 10.8. The lowest BCUT2D eigenvalue weighted by molar-refractivity contribution is -0.147. The molecule has 1 fully saturated rings. The minimum Gasteiger partial charge on any atom is -0.477 e. The second kappa shape index (κ2) is 4.11. The summed E-state index contributed by atoms with van der Waals surface area (Å²) in [7, 11) is 0. The number of rotatable bonds is 2. The molecule has 1 aromatic heterocycles. The number of thioether (sulfide) groups is 1. The van der Waals surface area contributed by atoms with Gasteiger partial charge in [0.2, 0.25) is 5.91 Å². The van der Waals surface area contributed by atoms with Gasteiger partial charge in [0.05, 0.1) is 0 Å². The van der Waals surface area contributed by atoms with Gasteiger partial charge in [-0.3, -0.25) is 9.69 Å². The SMILES string of the molecule is N[C@@H]1C(=O)N2C(C(=O)O)=C(c3ccsc3)CS[C@@H]12. The quantitative estimate of drug-likeness (QED) is 0.783. The van der Waals surface area contributed by atoms with Crippen molar-refractivity contribution in [2.75, 3.05) is 5.75 Å². The van der Waals surface area contributed by atoms with E-state index in [2.05, 4.69) is 0 Å². The molecule has 2 aliphatic rings. The summed E-state index contributed by atoms with van der Waals surface area (Å²) in [6, 6.07) is 1.29. The Morgan fingerprint density at radius 1 is 1.56 bits per heavy atom. The molecule has 3 N–H and O–H groups in total. The van der Waals surface area contributed by atoms with Crippen LogP contribution in [0.3, 0.4) is 0 Å². The molecular weight excluding hydrogens is 272 g/mol. The molecule has 18 heavy (non-hydrogen) atoms. The minimum absolute atomic E-state index is 0.0869. The van der Waals surface area contributed by atoms with Crippen molar-refractivity contribution in [1.29, 1.82) is 0 Å². The third kappa shape index (κ3) is 1.51. The average Bonchev–Trinajstić information content (AvgIpc) is 2.89. The van der Waals surface area contributed by atoms with Crippen LogP contribution in [0.15, 0.2) is 22.5 Å². The number of hydrogen-bond donors (Lipinski definition) is 2. The molecule has 0 radical (unpaired) electrons. The summed E-state index contributed by atoms with van der Waals surface area (Å²) in [5, 5.41) is 12.9. The number of thiophene rings is 1. The summed E-state index contributed by atoms with van der Waals surface area (Å²) in [4.78, 5) is 24.4. The molecule has 1 aromatic rings. The number of carboxylic acid groups (broad SMARTS) is 1. The van der Waals surface area contributed by atoms with Crippen LogP contribution < -0.4 is 5.73 Å². The van der Waals surface area contributed by atoms with Gasteiger partial charge in [-0.1, -0.05) is 0 Å². The fourth-order valence-electron chi connectivity index (χ4n) is 2.17. The molecule has 0 aliphatic carbocycles. The Bertz CT molecular complexity index is 553. The van der Waals surface area contributed by atoms with E-state index in [4.69, 9.17) is 5.73 Å². The predicted molar refractivity (Wildman–Crippen MR) is 69.9 cm³/mol. The monoisotopic (exact) mass is 282 g/mol. The molecule has 94 valence electrons. The molecule has 0 saturated carbocycles. The summed E-state index contributed by atoms with van der Waals surface area (Å²) >= 11 is 3.02. The molecule has 0 bridgehead atoms. The number of fused-ring (bicyclic) bond motifs is 1. The van der Waals surface area contributed by atoms with Crippen molar-refractivity contribution in [3.8, 4) is 0 Å². The lowest BCUT2D eigenvalue weighted by atomic mass is 10.0.